The second-order valence-electron chi connectivity index (χ2n) is 4.31. The zero-order valence-electron chi connectivity index (χ0n) is 10.7. The minimum Gasteiger partial charge on any atom is -0.310 e. The molecule has 3 heteroatoms. The largest absolute Gasteiger partial charge is 0.310 e. The third-order valence-corrected chi connectivity index (χ3v) is 3.02. The monoisotopic (exact) mass is 241 g/mol. The van der Waals surface area contributed by atoms with E-state index >= 15 is 0 Å². The molecule has 0 aliphatic heterocycles. The standard InChI is InChI=1S/C15H19N3/c1-2-16-15(14-10-11-17-18-12-14)9-8-13-6-4-3-5-7-13/h3-7,10-12,15-16H,2,8-9H2,1H3. The molecule has 1 N–H and O–H groups in total. The first kappa shape index (κ1) is 12.7. The van der Waals surface area contributed by atoms with E-state index in [4.69, 9.17) is 0 Å². The zero-order chi connectivity index (χ0) is 12.6. The number of nitrogens with one attached hydrogen (secondary N) is 1. The number of rotatable bonds is 6. The molecule has 1 heterocycles. The second-order valence-corrected chi connectivity index (χ2v) is 4.31. The van der Waals surface area contributed by atoms with Crippen LogP contribution in [0.25, 0.3) is 0 Å². The molecule has 0 aliphatic rings. The Hall–Kier alpha value is -1.74. The molecule has 0 radical (unpaired) electrons. The van der Waals surface area contributed by atoms with Gasteiger partial charge < -0.3 is 5.32 Å². The van der Waals surface area contributed by atoms with Gasteiger partial charge in [-0.2, -0.15) is 10.2 Å². The average Bonchev–Trinajstić information content (AvgIpc) is 2.45. The highest BCUT2D eigenvalue weighted by Gasteiger charge is 2.10. The summed E-state index contributed by atoms with van der Waals surface area (Å²) in [7, 11) is 0. The maximum atomic E-state index is 3.95. The summed E-state index contributed by atoms with van der Waals surface area (Å²) in [5.41, 5.74) is 2.59. The van der Waals surface area contributed by atoms with Crippen molar-refractivity contribution >= 4 is 0 Å². The van der Waals surface area contributed by atoms with Crippen molar-refractivity contribution in [3.8, 4) is 0 Å². The molecule has 1 aromatic carbocycles. The summed E-state index contributed by atoms with van der Waals surface area (Å²) in [6.45, 7) is 3.09. The summed E-state index contributed by atoms with van der Waals surface area (Å²) < 4.78 is 0. The van der Waals surface area contributed by atoms with Crippen LogP contribution in [0.5, 0.6) is 0 Å². The van der Waals surface area contributed by atoms with Crippen molar-refractivity contribution in [2.24, 2.45) is 0 Å². The maximum absolute atomic E-state index is 3.95. The van der Waals surface area contributed by atoms with Crippen LogP contribution >= 0.6 is 0 Å². The maximum Gasteiger partial charge on any atom is 0.0544 e. The van der Waals surface area contributed by atoms with Gasteiger partial charge in [0.2, 0.25) is 0 Å². The van der Waals surface area contributed by atoms with Gasteiger partial charge in [0.25, 0.3) is 0 Å². The van der Waals surface area contributed by atoms with Gasteiger partial charge in [-0.05, 0) is 36.6 Å². The molecule has 94 valence electrons. The first-order valence-corrected chi connectivity index (χ1v) is 6.44. The fourth-order valence-corrected chi connectivity index (χ4v) is 2.10. The van der Waals surface area contributed by atoms with E-state index in [9.17, 15) is 0 Å². The van der Waals surface area contributed by atoms with Gasteiger partial charge in [-0.15, -0.1) is 0 Å². The van der Waals surface area contributed by atoms with Crippen molar-refractivity contribution in [1.82, 2.24) is 15.5 Å². The van der Waals surface area contributed by atoms with Gasteiger partial charge >= 0.3 is 0 Å². The summed E-state index contributed by atoms with van der Waals surface area (Å²) in [6, 6.07) is 13.0. The van der Waals surface area contributed by atoms with Crippen molar-refractivity contribution < 1.29 is 0 Å². The minimum atomic E-state index is 0.353. The third kappa shape index (κ3) is 3.64. The molecule has 2 rings (SSSR count). The number of hydrogen-bond acceptors (Lipinski definition) is 3. The van der Waals surface area contributed by atoms with E-state index in [2.05, 4.69) is 52.8 Å². The first-order valence-electron chi connectivity index (χ1n) is 6.44. The molecule has 0 fully saturated rings. The summed E-state index contributed by atoms with van der Waals surface area (Å²) in [5, 5.41) is 11.3. The number of hydrogen-bond donors (Lipinski definition) is 1. The van der Waals surface area contributed by atoms with Gasteiger partial charge in [0.05, 0.1) is 6.20 Å². The normalized spacial score (nSPS) is 12.3. The molecule has 1 unspecified atom stereocenters. The Morgan fingerprint density at radius 2 is 1.94 bits per heavy atom. The van der Waals surface area contributed by atoms with Crippen LogP contribution in [-0.4, -0.2) is 16.7 Å². The average molecular weight is 241 g/mol. The fourth-order valence-electron chi connectivity index (χ4n) is 2.10. The molecular weight excluding hydrogens is 222 g/mol. The van der Waals surface area contributed by atoms with E-state index in [0.29, 0.717) is 6.04 Å². The van der Waals surface area contributed by atoms with Crippen LogP contribution < -0.4 is 5.32 Å². The Bertz CT molecular complexity index is 442. The van der Waals surface area contributed by atoms with Crippen LogP contribution in [0.4, 0.5) is 0 Å². The molecule has 0 bridgehead atoms. The van der Waals surface area contributed by atoms with Gasteiger partial charge in [0, 0.05) is 12.2 Å². The predicted octanol–water partition coefficient (Wildman–Crippen LogP) is 2.76. The molecule has 2 aromatic rings. The SMILES string of the molecule is CCNC(CCc1ccccc1)c1ccnnc1. The molecule has 0 aliphatic carbocycles. The highest BCUT2D eigenvalue weighted by Crippen LogP contribution is 2.17. The van der Waals surface area contributed by atoms with Crippen LogP contribution in [0.2, 0.25) is 0 Å². The van der Waals surface area contributed by atoms with E-state index in [1.807, 2.05) is 12.3 Å². The Labute approximate surface area is 108 Å². The van der Waals surface area contributed by atoms with E-state index < -0.39 is 0 Å². The van der Waals surface area contributed by atoms with Crippen molar-refractivity contribution in [1.29, 1.82) is 0 Å². The lowest BCUT2D eigenvalue weighted by Crippen LogP contribution is -2.21. The van der Waals surface area contributed by atoms with Crippen LogP contribution in [0.15, 0.2) is 48.8 Å². The fraction of sp³-hybridized carbons (Fsp3) is 0.333. The van der Waals surface area contributed by atoms with Crippen molar-refractivity contribution in [3.63, 3.8) is 0 Å². The third-order valence-electron chi connectivity index (χ3n) is 3.02. The molecule has 1 atom stereocenters. The Kier molecular flexibility index (Phi) is 4.85. The summed E-state index contributed by atoms with van der Waals surface area (Å²) >= 11 is 0. The van der Waals surface area contributed by atoms with Crippen molar-refractivity contribution in [3.05, 3.63) is 59.9 Å². The lowest BCUT2D eigenvalue weighted by Gasteiger charge is -2.17. The Morgan fingerprint density at radius 1 is 1.11 bits per heavy atom. The second kappa shape index (κ2) is 6.87. The lowest BCUT2D eigenvalue weighted by atomic mass is 10.0. The van der Waals surface area contributed by atoms with Gasteiger partial charge in [0.15, 0.2) is 0 Å². The summed E-state index contributed by atoms with van der Waals surface area (Å²) in [6.07, 6.45) is 5.74. The van der Waals surface area contributed by atoms with E-state index in [1.54, 1.807) is 6.20 Å². The zero-order valence-corrected chi connectivity index (χ0v) is 10.7. The first-order chi connectivity index (χ1) is 8.90. The summed E-state index contributed by atoms with van der Waals surface area (Å²) in [5.74, 6) is 0. The molecule has 1 aromatic heterocycles. The van der Waals surface area contributed by atoms with Gasteiger partial charge in [0.1, 0.15) is 0 Å². The molecule has 0 amide bonds. The molecule has 18 heavy (non-hydrogen) atoms. The molecule has 3 nitrogen and oxygen atoms in total. The van der Waals surface area contributed by atoms with Gasteiger partial charge in [-0.1, -0.05) is 37.3 Å². The van der Waals surface area contributed by atoms with Crippen molar-refractivity contribution in [2.75, 3.05) is 6.54 Å². The smallest absolute Gasteiger partial charge is 0.0544 e. The van der Waals surface area contributed by atoms with E-state index in [0.717, 1.165) is 19.4 Å². The van der Waals surface area contributed by atoms with Gasteiger partial charge in [-0.25, -0.2) is 0 Å². The summed E-state index contributed by atoms with van der Waals surface area (Å²) in [4.78, 5) is 0. The highest BCUT2D eigenvalue weighted by molar-refractivity contribution is 5.17. The minimum absolute atomic E-state index is 0.353. The predicted molar refractivity (Wildman–Crippen MR) is 73.2 cm³/mol. The van der Waals surface area contributed by atoms with Crippen LogP contribution in [0, 0.1) is 0 Å². The van der Waals surface area contributed by atoms with E-state index in [1.165, 1.54) is 11.1 Å². The van der Waals surface area contributed by atoms with Crippen LogP contribution in [-0.2, 0) is 6.42 Å². The Morgan fingerprint density at radius 3 is 2.61 bits per heavy atom. The van der Waals surface area contributed by atoms with Crippen molar-refractivity contribution in [2.45, 2.75) is 25.8 Å². The number of aryl methyl sites for hydroxylation is 1. The number of aromatic nitrogens is 2. The number of nitrogens with zero attached hydrogens (tertiary/aromatic N) is 2. The topological polar surface area (TPSA) is 37.8 Å². The highest BCUT2D eigenvalue weighted by atomic mass is 15.1. The van der Waals surface area contributed by atoms with E-state index in [-0.39, 0.29) is 0 Å². The Balaban J connectivity index is 1.99. The quantitative estimate of drug-likeness (QED) is 0.845. The number of benzene rings is 1. The lowest BCUT2D eigenvalue weighted by molar-refractivity contribution is 0.513. The molecule has 0 saturated carbocycles. The molecular formula is C15H19N3. The van der Waals surface area contributed by atoms with Crippen LogP contribution in [0.3, 0.4) is 0 Å². The van der Waals surface area contributed by atoms with Crippen LogP contribution in [0.1, 0.15) is 30.5 Å². The molecule has 0 saturated heterocycles. The van der Waals surface area contributed by atoms with Gasteiger partial charge in [-0.3, -0.25) is 0 Å². The molecule has 0 spiro atoms.